The maximum Gasteiger partial charge on any atom is 0.397 e. The third kappa shape index (κ3) is 3.86. The van der Waals surface area contributed by atoms with E-state index < -0.39 is 14.8 Å². The van der Waals surface area contributed by atoms with Gasteiger partial charge in [0.1, 0.15) is 16.6 Å². The fraction of sp³-hybridized carbons (Fsp3) is 0.375. The Bertz CT molecular complexity index is 920. The molecule has 3 heterocycles. The zero-order valence-corrected chi connectivity index (χ0v) is 16.1. The molecule has 0 spiro atoms. The number of nitrogens with zero attached hydrogens (tertiary/aromatic N) is 1. The summed E-state index contributed by atoms with van der Waals surface area (Å²) in [4.78, 5) is 14.6. The molecule has 1 aromatic heterocycles. The van der Waals surface area contributed by atoms with Crippen molar-refractivity contribution in [3.8, 4) is 5.75 Å². The van der Waals surface area contributed by atoms with Crippen LogP contribution in [0.25, 0.3) is 0 Å². The van der Waals surface area contributed by atoms with E-state index in [1.165, 1.54) is 10.8 Å². The molecular formula is C16H16ClN2O5PS. The molecule has 4 rings (SSSR count). The molecule has 0 radical (unpaired) electrons. The number of para-hydroxylation sites is 1. The van der Waals surface area contributed by atoms with Gasteiger partial charge in [-0.2, -0.15) is 0 Å². The number of nitrogens with one attached hydrogen (secondary N) is 1. The SMILES string of the molecule is O=c1[nH]c(=S)c(Cl)cn1C1CCC(COP2OCc3ccccc3O2)O1. The van der Waals surface area contributed by atoms with Crippen molar-refractivity contribution < 1.29 is 18.3 Å². The highest BCUT2D eigenvalue weighted by atomic mass is 35.5. The Morgan fingerprint density at radius 1 is 1.38 bits per heavy atom. The second-order valence-electron chi connectivity index (χ2n) is 5.93. The van der Waals surface area contributed by atoms with E-state index in [2.05, 4.69) is 4.98 Å². The molecule has 0 saturated carbocycles. The van der Waals surface area contributed by atoms with Crippen molar-refractivity contribution in [1.29, 1.82) is 0 Å². The van der Waals surface area contributed by atoms with Gasteiger partial charge in [-0.25, -0.2) is 4.79 Å². The molecule has 0 amide bonds. The van der Waals surface area contributed by atoms with Crippen molar-refractivity contribution in [3.63, 3.8) is 0 Å². The van der Waals surface area contributed by atoms with Gasteiger partial charge in [-0.3, -0.25) is 18.6 Å². The van der Waals surface area contributed by atoms with Gasteiger partial charge >= 0.3 is 14.3 Å². The third-order valence-electron chi connectivity index (χ3n) is 4.16. The first kappa shape index (κ1) is 18.1. The zero-order chi connectivity index (χ0) is 18.1. The lowest BCUT2D eigenvalue weighted by molar-refractivity contribution is -0.0228. The molecule has 0 bridgehead atoms. The minimum absolute atomic E-state index is 0.152. The van der Waals surface area contributed by atoms with Crippen LogP contribution >= 0.6 is 32.4 Å². The van der Waals surface area contributed by atoms with Crippen molar-refractivity contribution in [2.45, 2.75) is 31.8 Å². The number of halogens is 1. The molecule has 26 heavy (non-hydrogen) atoms. The summed E-state index contributed by atoms with van der Waals surface area (Å²) in [7, 11) is -1.45. The van der Waals surface area contributed by atoms with Crippen molar-refractivity contribution >= 4 is 32.4 Å². The largest absolute Gasteiger partial charge is 0.426 e. The van der Waals surface area contributed by atoms with Crippen LogP contribution in [0, 0.1) is 4.64 Å². The molecule has 1 fully saturated rings. The summed E-state index contributed by atoms with van der Waals surface area (Å²) in [5.41, 5.74) is 0.663. The Kier molecular flexibility index (Phi) is 5.40. The lowest BCUT2D eigenvalue weighted by atomic mass is 10.2. The topological polar surface area (TPSA) is 74.7 Å². The van der Waals surface area contributed by atoms with E-state index in [0.29, 0.717) is 24.7 Å². The van der Waals surface area contributed by atoms with E-state index in [0.717, 1.165) is 17.7 Å². The van der Waals surface area contributed by atoms with E-state index in [1.807, 2.05) is 24.3 Å². The first-order valence-electron chi connectivity index (χ1n) is 8.08. The summed E-state index contributed by atoms with van der Waals surface area (Å²) in [6.07, 6.45) is 2.38. The second-order valence-corrected chi connectivity index (χ2v) is 7.89. The highest BCUT2D eigenvalue weighted by Gasteiger charge is 2.30. The van der Waals surface area contributed by atoms with E-state index in [-0.39, 0.29) is 16.4 Å². The van der Waals surface area contributed by atoms with Crippen molar-refractivity contribution in [1.82, 2.24) is 9.55 Å². The Morgan fingerprint density at radius 3 is 3.12 bits per heavy atom. The van der Waals surface area contributed by atoms with E-state index in [9.17, 15) is 4.79 Å². The number of benzene rings is 1. The molecule has 2 aliphatic heterocycles. The number of aromatic nitrogens is 2. The normalized spacial score (nSPS) is 24.9. The Labute approximate surface area is 160 Å². The number of hydrogen-bond acceptors (Lipinski definition) is 6. The standard InChI is InChI=1S/C16H16ClN2O5PS/c17-12-7-19(16(20)18-15(12)26)14-6-5-11(23-14)9-22-25-21-8-10-3-1-2-4-13(10)24-25/h1-4,7,11,14H,5-6,8-9H2,(H,18,20,26). The van der Waals surface area contributed by atoms with Gasteiger partial charge in [-0.15, -0.1) is 0 Å². The fourth-order valence-corrected chi connectivity index (χ4v) is 4.18. The summed E-state index contributed by atoms with van der Waals surface area (Å²) < 4.78 is 24.6. The summed E-state index contributed by atoms with van der Waals surface area (Å²) in [5.74, 6) is 0.788. The summed E-state index contributed by atoms with van der Waals surface area (Å²) >= 11 is 11.0. The number of ether oxygens (including phenoxy) is 1. The van der Waals surface area contributed by atoms with Gasteiger partial charge in [0.15, 0.2) is 0 Å². The number of rotatable bonds is 4. The van der Waals surface area contributed by atoms with Crippen LogP contribution in [0.2, 0.25) is 5.02 Å². The molecule has 0 aliphatic carbocycles. The number of hydrogen-bond donors (Lipinski definition) is 1. The average Bonchev–Trinajstić information content (AvgIpc) is 3.11. The molecule has 2 aromatic rings. The highest BCUT2D eigenvalue weighted by Crippen LogP contribution is 2.47. The van der Waals surface area contributed by atoms with Crippen molar-refractivity contribution in [2.75, 3.05) is 6.61 Å². The van der Waals surface area contributed by atoms with Crippen LogP contribution in [0.3, 0.4) is 0 Å². The van der Waals surface area contributed by atoms with E-state index in [1.54, 1.807) is 0 Å². The monoisotopic (exact) mass is 414 g/mol. The molecular weight excluding hydrogens is 399 g/mol. The maximum absolute atomic E-state index is 12.0. The van der Waals surface area contributed by atoms with Gasteiger partial charge in [0.05, 0.1) is 24.3 Å². The first-order chi connectivity index (χ1) is 12.6. The number of H-pyrrole nitrogens is 1. The number of fused-ring (bicyclic) bond motifs is 1. The Hall–Kier alpha value is -1.28. The molecule has 7 nitrogen and oxygen atoms in total. The van der Waals surface area contributed by atoms with Crippen LogP contribution < -0.4 is 10.2 Å². The molecule has 3 unspecified atom stereocenters. The van der Waals surface area contributed by atoms with Crippen LogP contribution in [0.1, 0.15) is 24.6 Å². The second kappa shape index (κ2) is 7.76. The Balaban J connectivity index is 1.34. The minimum atomic E-state index is -1.45. The van der Waals surface area contributed by atoms with Crippen LogP contribution in [0.5, 0.6) is 5.75 Å². The summed E-state index contributed by atoms with van der Waals surface area (Å²) in [6, 6.07) is 7.71. The lowest BCUT2D eigenvalue weighted by Crippen LogP contribution is -2.27. The molecule has 1 aromatic carbocycles. The molecule has 10 heteroatoms. The predicted molar refractivity (Wildman–Crippen MR) is 98.8 cm³/mol. The highest BCUT2D eigenvalue weighted by molar-refractivity contribution is 7.71. The van der Waals surface area contributed by atoms with Gasteiger partial charge in [0, 0.05) is 11.8 Å². The van der Waals surface area contributed by atoms with Crippen LogP contribution in [-0.2, 0) is 20.4 Å². The van der Waals surface area contributed by atoms with Gasteiger partial charge in [0.2, 0.25) is 0 Å². The lowest BCUT2D eigenvalue weighted by Gasteiger charge is -2.24. The first-order valence-corrected chi connectivity index (χ1v) is 9.96. The van der Waals surface area contributed by atoms with Crippen molar-refractivity contribution in [2.24, 2.45) is 0 Å². The molecule has 3 atom stereocenters. The van der Waals surface area contributed by atoms with E-state index in [4.69, 9.17) is 42.1 Å². The van der Waals surface area contributed by atoms with Crippen LogP contribution in [0.4, 0.5) is 0 Å². The zero-order valence-electron chi connectivity index (χ0n) is 13.6. The number of aromatic amines is 1. The average molecular weight is 415 g/mol. The van der Waals surface area contributed by atoms with E-state index >= 15 is 0 Å². The van der Waals surface area contributed by atoms with Gasteiger partial charge < -0.3 is 9.26 Å². The molecule has 2 aliphatic rings. The third-order valence-corrected chi connectivity index (χ3v) is 5.92. The van der Waals surface area contributed by atoms with Crippen LogP contribution in [-0.4, -0.2) is 22.3 Å². The van der Waals surface area contributed by atoms with Gasteiger partial charge in [-0.1, -0.05) is 42.0 Å². The van der Waals surface area contributed by atoms with Gasteiger partial charge in [-0.05, 0) is 18.9 Å². The Morgan fingerprint density at radius 2 is 2.23 bits per heavy atom. The smallest absolute Gasteiger partial charge is 0.397 e. The van der Waals surface area contributed by atoms with Crippen LogP contribution in [0.15, 0.2) is 35.3 Å². The minimum Gasteiger partial charge on any atom is -0.426 e. The molecule has 1 saturated heterocycles. The van der Waals surface area contributed by atoms with Gasteiger partial charge in [0.25, 0.3) is 0 Å². The molecule has 1 N–H and O–H groups in total. The summed E-state index contributed by atoms with van der Waals surface area (Å²) in [6.45, 7) is 0.795. The predicted octanol–water partition coefficient (Wildman–Crippen LogP) is 4.09. The summed E-state index contributed by atoms with van der Waals surface area (Å²) in [5, 5.41) is 0.314. The van der Waals surface area contributed by atoms with Crippen molar-refractivity contribution in [3.05, 3.63) is 56.2 Å². The maximum atomic E-state index is 12.0. The fourth-order valence-electron chi connectivity index (χ4n) is 2.84. The molecule has 138 valence electrons. The quantitative estimate of drug-likeness (QED) is 0.600.